The maximum atomic E-state index is 6.07. The van der Waals surface area contributed by atoms with E-state index in [1.807, 2.05) is 0 Å². The molecule has 0 spiro atoms. The summed E-state index contributed by atoms with van der Waals surface area (Å²) in [7, 11) is 0. The molecule has 1 nitrogen and oxygen atoms in total. The highest BCUT2D eigenvalue weighted by atomic mass is 14.8. The van der Waals surface area contributed by atoms with E-state index in [-0.39, 0.29) is 0 Å². The molecule has 0 amide bonds. The fourth-order valence-corrected chi connectivity index (χ4v) is 9.20. The van der Waals surface area contributed by atoms with Gasteiger partial charge in [0, 0.05) is 0 Å². The average molecular weight is 257 g/mol. The average Bonchev–Trinajstić information content (AvgIpc) is 3.20. The highest BCUT2D eigenvalue weighted by molar-refractivity contribution is 5.19. The largest absolute Gasteiger partial charge is 0.330 e. The van der Waals surface area contributed by atoms with Crippen LogP contribution in [0.15, 0.2) is 0 Å². The Morgan fingerprint density at radius 3 is 2.05 bits per heavy atom. The predicted molar refractivity (Wildman–Crippen MR) is 75.1 cm³/mol. The number of rotatable bonds is 1. The highest BCUT2D eigenvalue weighted by Gasteiger charge is 2.71. The van der Waals surface area contributed by atoms with E-state index in [9.17, 15) is 0 Å². The zero-order valence-electron chi connectivity index (χ0n) is 11.9. The van der Waals surface area contributed by atoms with Crippen molar-refractivity contribution in [2.24, 2.45) is 70.8 Å². The molecule has 6 fully saturated rings. The van der Waals surface area contributed by atoms with Gasteiger partial charge in [0.2, 0.25) is 0 Å². The highest BCUT2D eigenvalue weighted by Crippen LogP contribution is 2.77. The van der Waals surface area contributed by atoms with E-state index in [2.05, 4.69) is 0 Å². The summed E-state index contributed by atoms with van der Waals surface area (Å²) < 4.78 is 0. The van der Waals surface area contributed by atoms with Crippen molar-refractivity contribution in [2.45, 2.75) is 38.5 Å². The first-order chi connectivity index (χ1) is 9.36. The fraction of sp³-hybridized carbons (Fsp3) is 1.00. The minimum Gasteiger partial charge on any atom is -0.330 e. The van der Waals surface area contributed by atoms with Crippen molar-refractivity contribution in [1.82, 2.24) is 0 Å². The van der Waals surface area contributed by atoms with E-state index in [1.165, 1.54) is 47.8 Å². The molecule has 0 radical (unpaired) electrons. The first-order valence-corrected chi connectivity index (χ1v) is 9.07. The van der Waals surface area contributed by atoms with Crippen LogP contribution in [0.4, 0.5) is 0 Å². The Labute approximate surface area is 116 Å². The summed E-state index contributed by atoms with van der Waals surface area (Å²) in [5, 5.41) is 0. The molecule has 0 aromatic rings. The van der Waals surface area contributed by atoms with Crippen LogP contribution in [-0.2, 0) is 0 Å². The molecule has 11 unspecified atom stereocenters. The van der Waals surface area contributed by atoms with Crippen molar-refractivity contribution in [3.8, 4) is 0 Å². The normalized spacial score (nSPS) is 70.9. The van der Waals surface area contributed by atoms with Crippen LogP contribution in [0.5, 0.6) is 0 Å². The molecule has 0 aromatic carbocycles. The van der Waals surface area contributed by atoms with Gasteiger partial charge in [-0.05, 0) is 110 Å². The van der Waals surface area contributed by atoms with Gasteiger partial charge < -0.3 is 5.73 Å². The standard InChI is InChI=1S/C18H27N/c19-7-11-4-10-5-12(11)18-14-6-13(17(10)18)15-8-1-2-9(3-8)16(14)15/h8-18H,1-7,19H2. The van der Waals surface area contributed by atoms with Gasteiger partial charge in [0.1, 0.15) is 0 Å². The van der Waals surface area contributed by atoms with Gasteiger partial charge >= 0.3 is 0 Å². The van der Waals surface area contributed by atoms with Crippen LogP contribution in [0.3, 0.4) is 0 Å². The van der Waals surface area contributed by atoms with Gasteiger partial charge in [0.15, 0.2) is 0 Å². The molecule has 6 bridgehead atoms. The lowest BCUT2D eigenvalue weighted by molar-refractivity contribution is 0.0108. The Morgan fingerprint density at radius 2 is 1.32 bits per heavy atom. The number of nitrogens with two attached hydrogens (primary N) is 1. The van der Waals surface area contributed by atoms with Crippen LogP contribution in [0, 0.1) is 65.1 Å². The van der Waals surface area contributed by atoms with E-state index in [0.29, 0.717) is 0 Å². The van der Waals surface area contributed by atoms with Crippen LogP contribution in [0.25, 0.3) is 0 Å². The zero-order chi connectivity index (χ0) is 12.3. The van der Waals surface area contributed by atoms with E-state index in [0.717, 1.165) is 30.2 Å². The summed E-state index contributed by atoms with van der Waals surface area (Å²) in [5.41, 5.74) is 6.07. The van der Waals surface area contributed by atoms with Crippen LogP contribution < -0.4 is 5.73 Å². The monoisotopic (exact) mass is 257 g/mol. The molecule has 19 heavy (non-hydrogen) atoms. The molecule has 1 heteroatoms. The lowest BCUT2D eigenvalue weighted by Crippen LogP contribution is -2.43. The first kappa shape index (κ1) is 10.7. The molecule has 0 heterocycles. The number of hydrogen-bond donors (Lipinski definition) is 1. The van der Waals surface area contributed by atoms with Gasteiger partial charge in [0.05, 0.1) is 0 Å². The van der Waals surface area contributed by atoms with Crippen LogP contribution >= 0.6 is 0 Å². The van der Waals surface area contributed by atoms with Gasteiger partial charge in [-0.15, -0.1) is 0 Å². The van der Waals surface area contributed by atoms with Crippen molar-refractivity contribution in [2.75, 3.05) is 6.54 Å². The van der Waals surface area contributed by atoms with Crippen LogP contribution in [0.1, 0.15) is 38.5 Å². The van der Waals surface area contributed by atoms with Crippen molar-refractivity contribution in [3.05, 3.63) is 0 Å². The summed E-state index contributed by atoms with van der Waals surface area (Å²) in [5.74, 6) is 12.5. The summed E-state index contributed by atoms with van der Waals surface area (Å²) in [4.78, 5) is 0. The minimum atomic E-state index is 0.919. The molecule has 0 saturated heterocycles. The van der Waals surface area contributed by atoms with E-state index in [4.69, 9.17) is 5.73 Å². The second-order valence-electron chi connectivity index (χ2n) is 9.10. The van der Waals surface area contributed by atoms with Crippen LogP contribution in [0.2, 0.25) is 0 Å². The molecule has 104 valence electrons. The zero-order valence-corrected chi connectivity index (χ0v) is 11.9. The lowest BCUT2D eigenvalue weighted by atomic mass is 9.58. The Morgan fingerprint density at radius 1 is 0.632 bits per heavy atom. The third-order valence-corrected chi connectivity index (χ3v) is 9.14. The topological polar surface area (TPSA) is 26.0 Å². The third-order valence-electron chi connectivity index (χ3n) is 9.14. The molecular weight excluding hydrogens is 230 g/mol. The SMILES string of the molecule is NCC1CC2CC1C1C3CC(C4C5CCC(C5)C34)C21. The molecular formula is C18H27N. The van der Waals surface area contributed by atoms with E-state index >= 15 is 0 Å². The van der Waals surface area contributed by atoms with Gasteiger partial charge in [-0.1, -0.05) is 0 Å². The quantitative estimate of drug-likeness (QED) is 0.718. The first-order valence-electron chi connectivity index (χ1n) is 9.07. The Kier molecular flexibility index (Phi) is 1.81. The minimum absolute atomic E-state index is 0.919. The third kappa shape index (κ3) is 1.02. The maximum Gasteiger partial charge on any atom is -0.00460 e. The molecule has 6 saturated carbocycles. The smallest absolute Gasteiger partial charge is 0.00460 e. The Hall–Kier alpha value is -0.0400. The van der Waals surface area contributed by atoms with Crippen molar-refractivity contribution < 1.29 is 0 Å². The van der Waals surface area contributed by atoms with E-state index in [1.54, 1.807) is 32.1 Å². The summed E-state index contributed by atoms with van der Waals surface area (Å²) in [6, 6.07) is 0. The van der Waals surface area contributed by atoms with Gasteiger partial charge in [-0.25, -0.2) is 0 Å². The van der Waals surface area contributed by atoms with Crippen molar-refractivity contribution in [1.29, 1.82) is 0 Å². The maximum absolute atomic E-state index is 6.07. The van der Waals surface area contributed by atoms with E-state index < -0.39 is 0 Å². The molecule has 6 aliphatic rings. The molecule has 2 N–H and O–H groups in total. The second-order valence-corrected chi connectivity index (χ2v) is 9.10. The fourth-order valence-electron chi connectivity index (χ4n) is 9.20. The van der Waals surface area contributed by atoms with Crippen molar-refractivity contribution >= 4 is 0 Å². The van der Waals surface area contributed by atoms with Crippen molar-refractivity contribution in [3.63, 3.8) is 0 Å². The Bertz CT molecular complexity index is 431. The number of fused-ring (bicyclic) bond motifs is 16. The molecule has 6 aliphatic carbocycles. The predicted octanol–water partition coefficient (Wildman–Crippen LogP) is 3.15. The molecule has 6 rings (SSSR count). The van der Waals surface area contributed by atoms with Gasteiger partial charge in [-0.3, -0.25) is 0 Å². The Balaban J connectivity index is 1.41. The summed E-state index contributed by atoms with van der Waals surface area (Å²) >= 11 is 0. The van der Waals surface area contributed by atoms with Gasteiger partial charge in [0.25, 0.3) is 0 Å². The van der Waals surface area contributed by atoms with Crippen LogP contribution in [-0.4, -0.2) is 6.54 Å². The molecule has 0 aliphatic heterocycles. The summed E-state index contributed by atoms with van der Waals surface area (Å²) in [6.07, 6.45) is 9.59. The second kappa shape index (κ2) is 3.24. The lowest BCUT2D eigenvalue weighted by Gasteiger charge is -2.46. The summed E-state index contributed by atoms with van der Waals surface area (Å²) in [6.45, 7) is 0.988. The molecule has 0 aromatic heterocycles. The molecule has 11 atom stereocenters. The van der Waals surface area contributed by atoms with Gasteiger partial charge in [-0.2, -0.15) is 0 Å². The number of hydrogen-bond acceptors (Lipinski definition) is 1.